The third-order valence-corrected chi connectivity index (χ3v) is 4.11. The molecule has 0 aromatic heterocycles. The van der Waals surface area contributed by atoms with Crippen molar-refractivity contribution in [3.8, 4) is 0 Å². The van der Waals surface area contributed by atoms with Crippen LogP contribution in [0.2, 0.25) is 0 Å². The van der Waals surface area contributed by atoms with E-state index in [2.05, 4.69) is 10.6 Å². The van der Waals surface area contributed by atoms with Gasteiger partial charge in [-0.3, -0.25) is 9.59 Å². The molecule has 19 heavy (non-hydrogen) atoms. The Kier molecular flexibility index (Phi) is 4.85. The second kappa shape index (κ2) is 6.61. The summed E-state index contributed by atoms with van der Waals surface area (Å²) in [5, 5.41) is 5.63. The molecule has 5 heteroatoms. The Morgan fingerprint density at radius 2 is 1.58 bits per heavy atom. The first kappa shape index (κ1) is 13.9. The average molecular weight is 278 g/mol. The van der Waals surface area contributed by atoms with Crippen LogP contribution in [0.5, 0.6) is 0 Å². The van der Waals surface area contributed by atoms with Gasteiger partial charge in [-0.25, -0.2) is 0 Å². The van der Waals surface area contributed by atoms with Crippen molar-refractivity contribution in [3.63, 3.8) is 0 Å². The number of benzene rings is 1. The molecule has 2 rings (SSSR count). The van der Waals surface area contributed by atoms with E-state index >= 15 is 0 Å². The lowest BCUT2D eigenvalue weighted by molar-refractivity contribution is -0.120. The predicted molar refractivity (Wildman–Crippen MR) is 79.4 cm³/mol. The fourth-order valence-electron chi connectivity index (χ4n) is 2.04. The summed E-state index contributed by atoms with van der Waals surface area (Å²) in [4.78, 5) is 22.9. The molecule has 0 atom stereocenters. The van der Waals surface area contributed by atoms with E-state index in [1.165, 1.54) is 6.92 Å². The highest BCUT2D eigenvalue weighted by molar-refractivity contribution is 7.99. The lowest BCUT2D eigenvalue weighted by Crippen LogP contribution is -2.26. The van der Waals surface area contributed by atoms with E-state index in [4.69, 9.17) is 0 Å². The highest BCUT2D eigenvalue weighted by Crippen LogP contribution is 2.24. The zero-order valence-electron chi connectivity index (χ0n) is 10.9. The van der Waals surface area contributed by atoms with E-state index in [9.17, 15) is 9.59 Å². The van der Waals surface area contributed by atoms with Crippen LogP contribution in [0.15, 0.2) is 24.3 Å². The molecule has 0 radical (unpaired) electrons. The Labute approximate surface area is 117 Å². The largest absolute Gasteiger partial charge is 0.326 e. The molecule has 102 valence electrons. The molecular weight excluding hydrogens is 260 g/mol. The van der Waals surface area contributed by atoms with Crippen LogP contribution in [0.25, 0.3) is 0 Å². The smallest absolute Gasteiger partial charge is 0.227 e. The molecule has 1 fully saturated rings. The Bertz CT molecular complexity index is 453. The van der Waals surface area contributed by atoms with E-state index in [-0.39, 0.29) is 17.7 Å². The minimum atomic E-state index is -0.100. The van der Waals surface area contributed by atoms with E-state index < -0.39 is 0 Å². The molecule has 4 nitrogen and oxygen atoms in total. The van der Waals surface area contributed by atoms with Crippen molar-refractivity contribution in [2.24, 2.45) is 5.92 Å². The van der Waals surface area contributed by atoms with Crippen molar-refractivity contribution >= 4 is 35.0 Å². The Morgan fingerprint density at radius 3 is 2.11 bits per heavy atom. The monoisotopic (exact) mass is 278 g/mol. The number of hydrogen-bond acceptors (Lipinski definition) is 3. The molecule has 0 saturated carbocycles. The summed E-state index contributed by atoms with van der Waals surface area (Å²) >= 11 is 1.91. The normalized spacial score (nSPS) is 15.8. The SMILES string of the molecule is CC(=O)Nc1ccc(NC(=O)C2CCSCC2)cc1. The fourth-order valence-corrected chi connectivity index (χ4v) is 3.15. The highest BCUT2D eigenvalue weighted by Gasteiger charge is 2.21. The van der Waals surface area contributed by atoms with Crippen molar-refractivity contribution in [1.82, 2.24) is 0 Å². The van der Waals surface area contributed by atoms with Gasteiger partial charge in [-0.2, -0.15) is 11.8 Å². The van der Waals surface area contributed by atoms with Gasteiger partial charge in [0.05, 0.1) is 0 Å². The second-order valence-electron chi connectivity index (χ2n) is 4.63. The van der Waals surface area contributed by atoms with Crippen molar-refractivity contribution < 1.29 is 9.59 Å². The van der Waals surface area contributed by atoms with Crippen molar-refractivity contribution in [2.45, 2.75) is 19.8 Å². The van der Waals surface area contributed by atoms with Crippen LogP contribution >= 0.6 is 11.8 Å². The molecule has 0 unspecified atom stereocenters. The molecular formula is C14H18N2O2S. The van der Waals surface area contributed by atoms with Crippen LogP contribution in [0, 0.1) is 5.92 Å². The summed E-state index contributed by atoms with van der Waals surface area (Å²) in [5.74, 6) is 2.28. The molecule has 1 aromatic rings. The molecule has 1 aliphatic heterocycles. The number of hydrogen-bond donors (Lipinski definition) is 2. The first-order valence-electron chi connectivity index (χ1n) is 6.41. The summed E-state index contributed by atoms with van der Waals surface area (Å²) in [6.45, 7) is 1.47. The molecule has 1 heterocycles. The van der Waals surface area contributed by atoms with Crippen LogP contribution in [-0.2, 0) is 9.59 Å². The lowest BCUT2D eigenvalue weighted by atomic mass is 10.0. The maximum absolute atomic E-state index is 12.0. The lowest BCUT2D eigenvalue weighted by Gasteiger charge is -2.20. The topological polar surface area (TPSA) is 58.2 Å². The summed E-state index contributed by atoms with van der Waals surface area (Å²) in [6, 6.07) is 7.18. The Morgan fingerprint density at radius 1 is 1.05 bits per heavy atom. The number of anilines is 2. The fraction of sp³-hybridized carbons (Fsp3) is 0.429. The second-order valence-corrected chi connectivity index (χ2v) is 5.86. The summed E-state index contributed by atoms with van der Waals surface area (Å²) < 4.78 is 0. The van der Waals surface area contributed by atoms with E-state index in [1.54, 1.807) is 24.3 Å². The van der Waals surface area contributed by atoms with Gasteiger partial charge in [-0.1, -0.05) is 0 Å². The zero-order chi connectivity index (χ0) is 13.7. The summed E-state index contributed by atoms with van der Waals surface area (Å²) in [5.41, 5.74) is 1.51. The highest BCUT2D eigenvalue weighted by atomic mass is 32.2. The van der Waals surface area contributed by atoms with Gasteiger partial charge in [0, 0.05) is 24.2 Å². The minimum absolute atomic E-state index is 0.100. The minimum Gasteiger partial charge on any atom is -0.326 e. The van der Waals surface area contributed by atoms with Crippen molar-refractivity contribution in [2.75, 3.05) is 22.1 Å². The van der Waals surface area contributed by atoms with Crippen LogP contribution in [0.1, 0.15) is 19.8 Å². The Hall–Kier alpha value is -1.49. The molecule has 1 saturated heterocycles. The molecule has 0 bridgehead atoms. The van der Waals surface area contributed by atoms with Gasteiger partial charge >= 0.3 is 0 Å². The number of thioether (sulfide) groups is 1. The Balaban J connectivity index is 1.91. The first-order valence-corrected chi connectivity index (χ1v) is 7.57. The molecule has 2 amide bonds. The summed E-state index contributed by atoms with van der Waals surface area (Å²) in [7, 11) is 0. The standard InChI is InChI=1S/C14H18N2O2S/c1-10(17)15-12-2-4-13(5-3-12)16-14(18)11-6-8-19-9-7-11/h2-5,11H,6-9H2,1H3,(H,15,17)(H,16,18). The predicted octanol–water partition coefficient (Wildman–Crippen LogP) is 2.73. The maximum Gasteiger partial charge on any atom is 0.227 e. The zero-order valence-corrected chi connectivity index (χ0v) is 11.8. The van der Waals surface area contributed by atoms with Crippen LogP contribution in [0.4, 0.5) is 11.4 Å². The number of nitrogens with one attached hydrogen (secondary N) is 2. The van der Waals surface area contributed by atoms with Crippen LogP contribution in [-0.4, -0.2) is 23.3 Å². The van der Waals surface area contributed by atoms with Gasteiger partial charge in [-0.15, -0.1) is 0 Å². The molecule has 0 aliphatic carbocycles. The van der Waals surface area contributed by atoms with Crippen LogP contribution < -0.4 is 10.6 Å². The first-order chi connectivity index (χ1) is 9.15. The molecule has 1 aliphatic rings. The third-order valence-electron chi connectivity index (χ3n) is 3.06. The van der Waals surface area contributed by atoms with Gasteiger partial charge in [0.15, 0.2) is 0 Å². The number of amides is 2. The molecule has 2 N–H and O–H groups in total. The van der Waals surface area contributed by atoms with Gasteiger partial charge in [0.25, 0.3) is 0 Å². The van der Waals surface area contributed by atoms with Crippen molar-refractivity contribution in [3.05, 3.63) is 24.3 Å². The molecule has 0 spiro atoms. The number of rotatable bonds is 3. The van der Waals surface area contributed by atoms with Gasteiger partial charge in [0.1, 0.15) is 0 Å². The van der Waals surface area contributed by atoms with Crippen LogP contribution in [0.3, 0.4) is 0 Å². The van der Waals surface area contributed by atoms with Gasteiger partial charge in [0.2, 0.25) is 11.8 Å². The number of carbonyl (C=O) groups is 2. The average Bonchev–Trinajstić information content (AvgIpc) is 2.41. The summed E-state index contributed by atoms with van der Waals surface area (Å²) in [6.07, 6.45) is 1.92. The van der Waals surface area contributed by atoms with E-state index in [1.807, 2.05) is 11.8 Å². The van der Waals surface area contributed by atoms with E-state index in [0.717, 1.165) is 35.7 Å². The maximum atomic E-state index is 12.0. The molecule has 1 aromatic carbocycles. The van der Waals surface area contributed by atoms with Gasteiger partial charge < -0.3 is 10.6 Å². The number of carbonyl (C=O) groups excluding carboxylic acids is 2. The van der Waals surface area contributed by atoms with Gasteiger partial charge in [-0.05, 0) is 48.6 Å². The quantitative estimate of drug-likeness (QED) is 0.893. The van der Waals surface area contributed by atoms with Crippen molar-refractivity contribution in [1.29, 1.82) is 0 Å². The van der Waals surface area contributed by atoms with E-state index in [0.29, 0.717) is 0 Å². The third kappa shape index (κ3) is 4.28.